The van der Waals surface area contributed by atoms with Crippen molar-refractivity contribution in [3.63, 3.8) is 0 Å². The summed E-state index contributed by atoms with van der Waals surface area (Å²) in [6.45, 7) is 1.88. The number of aryl methyl sites for hydroxylation is 1. The van der Waals surface area contributed by atoms with Crippen molar-refractivity contribution in [3.05, 3.63) is 57.5 Å². The molecule has 0 bridgehead atoms. The van der Waals surface area contributed by atoms with Gasteiger partial charge < -0.3 is 0 Å². The molecule has 0 aliphatic carbocycles. The quantitative estimate of drug-likeness (QED) is 0.696. The maximum absolute atomic E-state index is 13.2. The van der Waals surface area contributed by atoms with Gasteiger partial charge in [-0.2, -0.15) is 11.3 Å². The molecule has 0 saturated carbocycles. The fourth-order valence-corrected chi connectivity index (χ4v) is 2.66. The summed E-state index contributed by atoms with van der Waals surface area (Å²) in [5.74, 6) is -0.217. The second kappa shape index (κ2) is 4.98. The van der Waals surface area contributed by atoms with Crippen molar-refractivity contribution in [3.8, 4) is 0 Å². The number of hydrogen-bond donors (Lipinski definition) is 0. The van der Waals surface area contributed by atoms with E-state index < -0.39 is 0 Å². The second-order valence-electron chi connectivity index (χ2n) is 3.87. The maximum Gasteiger partial charge on any atom is 0.123 e. The zero-order chi connectivity index (χ0) is 11.5. The Hall–Kier alpha value is -0.860. The van der Waals surface area contributed by atoms with Crippen LogP contribution < -0.4 is 0 Å². The van der Waals surface area contributed by atoms with Crippen LogP contribution in [-0.4, -0.2) is 0 Å². The maximum atomic E-state index is 13.2. The Kier molecular flexibility index (Phi) is 3.62. The Labute approximate surface area is 104 Å². The molecule has 0 saturated heterocycles. The summed E-state index contributed by atoms with van der Waals surface area (Å²) in [5, 5.41) is 3.93. The van der Waals surface area contributed by atoms with Crippen LogP contribution in [0.3, 0.4) is 0 Å². The van der Waals surface area contributed by atoms with Gasteiger partial charge in [0.15, 0.2) is 0 Å². The van der Waals surface area contributed by atoms with E-state index in [1.54, 1.807) is 11.3 Å². The largest absolute Gasteiger partial charge is 0.207 e. The van der Waals surface area contributed by atoms with Gasteiger partial charge in [0.05, 0.1) is 5.38 Å². The van der Waals surface area contributed by atoms with Crippen LogP contribution in [-0.2, 0) is 6.42 Å². The van der Waals surface area contributed by atoms with E-state index in [1.807, 2.05) is 24.4 Å². The molecule has 1 unspecified atom stereocenters. The third-order valence-corrected chi connectivity index (χ3v) is 3.56. The van der Waals surface area contributed by atoms with Crippen molar-refractivity contribution in [1.82, 2.24) is 0 Å². The van der Waals surface area contributed by atoms with Crippen molar-refractivity contribution in [2.75, 3.05) is 0 Å². The first-order valence-corrected chi connectivity index (χ1v) is 6.45. The summed E-state index contributed by atoms with van der Waals surface area (Å²) < 4.78 is 13.2. The Morgan fingerprint density at radius 3 is 2.81 bits per heavy atom. The average molecular weight is 255 g/mol. The molecule has 0 aliphatic rings. The predicted molar refractivity (Wildman–Crippen MR) is 67.8 cm³/mol. The first-order chi connectivity index (χ1) is 7.65. The van der Waals surface area contributed by atoms with E-state index in [-0.39, 0.29) is 11.2 Å². The van der Waals surface area contributed by atoms with Crippen LogP contribution in [0.1, 0.15) is 22.1 Å². The molecule has 0 radical (unpaired) electrons. The fraction of sp³-hybridized carbons (Fsp3) is 0.231. The Morgan fingerprint density at radius 2 is 2.19 bits per heavy atom. The minimum atomic E-state index is -0.217. The molecule has 0 fully saturated rings. The molecule has 0 amide bonds. The zero-order valence-corrected chi connectivity index (χ0v) is 10.5. The van der Waals surface area contributed by atoms with Crippen LogP contribution in [0.5, 0.6) is 0 Å². The van der Waals surface area contributed by atoms with Crippen molar-refractivity contribution >= 4 is 22.9 Å². The first-order valence-electron chi connectivity index (χ1n) is 5.07. The highest BCUT2D eigenvalue weighted by atomic mass is 35.5. The van der Waals surface area contributed by atoms with Crippen molar-refractivity contribution in [2.24, 2.45) is 0 Å². The summed E-state index contributed by atoms with van der Waals surface area (Å²) in [6, 6.07) is 7.01. The van der Waals surface area contributed by atoms with Crippen molar-refractivity contribution in [2.45, 2.75) is 18.7 Å². The molecule has 2 aromatic rings. The van der Waals surface area contributed by atoms with Gasteiger partial charge in [0.2, 0.25) is 0 Å². The number of hydrogen-bond acceptors (Lipinski definition) is 1. The van der Waals surface area contributed by atoms with E-state index in [4.69, 9.17) is 11.6 Å². The van der Waals surface area contributed by atoms with Crippen LogP contribution >= 0.6 is 22.9 Å². The monoisotopic (exact) mass is 254 g/mol. The van der Waals surface area contributed by atoms with Gasteiger partial charge in [-0.3, -0.25) is 0 Å². The van der Waals surface area contributed by atoms with Gasteiger partial charge in [0.1, 0.15) is 5.82 Å². The summed E-state index contributed by atoms with van der Waals surface area (Å²) >= 11 is 7.93. The summed E-state index contributed by atoms with van der Waals surface area (Å²) in [7, 11) is 0. The van der Waals surface area contributed by atoms with E-state index in [0.29, 0.717) is 0 Å². The van der Waals surface area contributed by atoms with Crippen LogP contribution in [0.4, 0.5) is 4.39 Å². The standard InChI is InChI=1S/C13H12ClFS/c1-9-4-11(7-12(15)5-9)13(14)6-10-2-3-16-8-10/h2-5,7-8,13H,6H2,1H3. The zero-order valence-electron chi connectivity index (χ0n) is 8.91. The normalized spacial score (nSPS) is 12.7. The lowest BCUT2D eigenvalue weighted by Gasteiger charge is -2.10. The minimum absolute atomic E-state index is 0.163. The Bertz CT molecular complexity index is 445. The van der Waals surface area contributed by atoms with Gasteiger partial charge >= 0.3 is 0 Å². The van der Waals surface area contributed by atoms with Crippen molar-refractivity contribution in [1.29, 1.82) is 0 Å². The lowest BCUT2D eigenvalue weighted by atomic mass is 10.0. The van der Waals surface area contributed by atoms with Gasteiger partial charge in [-0.15, -0.1) is 11.6 Å². The lowest BCUT2D eigenvalue weighted by molar-refractivity contribution is 0.623. The number of benzene rings is 1. The smallest absolute Gasteiger partial charge is 0.123 e. The molecular weight excluding hydrogens is 243 g/mol. The van der Waals surface area contributed by atoms with E-state index in [9.17, 15) is 4.39 Å². The van der Waals surface area contributed by atoms with Gasteiger partial charge in [-0.25, -0.2) is 4.39 Å². The third kappa shape index (κ3) is 2.83. The highest BCUT2D eigenvalue weighted by molar-refractivity contribution is 7.07. The average Bonchev–Trinajstić information content (AvgIpc) is 2.68. The molecule has 0 aliphatic heterocycles. The van der Waals surface area contributed by atoms with Crippen molar-refractivity contribution < 1.29 is 4.39 Å². The summed E-state index contributed by atoms with van der Waals surface area (Å²) in [5.41, 5.74) is 2.96. The number of halogens is 2. The molecule has 2 rings (SSSR count). The fourth-order valence-electron chi connectivity index (χ4n) is 1.68. The van der Waals surface area contributed by atoms with Crippen LogP contribution in [0, 0.1) is 12.7 Å². The molecule has 1 aromatic heterocycles. The van der Waals surface area contributed by atoms with E-state index in [0.717, 1.165) is 17.5 Å². The van der Waals surface area contributed by atoms with Gasteiger partial charge in [0.25, 0.3) is 0 Å². The molecule has 16 heavy (non-hydrogen) atoms. The van der Waals surface area contributed by atoms with Gasteiger partial charge in [-0.1, -0.05) is 6.07 Å². The predicted octanol–water partition coefficient (Wildman–Crippen LogP) is 4.72. The van der Waals surface area contributed by atoms with Crippen LogP contribution in [0.15, 0.2) is 35.0 Å². The molecule has 0 spiro atoms. The van der Waals surface area contributed by atoms with E-state index >= 15 is 0 Å². The summed E-state index contributed by atoms with van der Waals surface area (Å²) in [4.78, 5) is 0. The van der Waals surface area contributed by atoms with E-state index in [1.165, 1.54) is 17.7 Å². The molecule has 0 nitrogen and oxygen atoms in total. The minimum Gasteiger partial charge on any atom is -0.207 e. The molecule has 0 N–H and O–H groups in total. The number of rotatable bonds is 3. The lowest BCUT2D eigenvalue weighted by Crippen LogP contribution is -1.96. The van der Waals surface area contributed by atoms with Crippen LogP contribution in [0.25, 0.3) is 0 Å². The molecular formula is C13H12ClFS. The first kappa shape index (κ1) is 11.6. The van der Waals surface area contributed by atoms with E-state index in [2.05, 4.69) is 5.38 Å². The van der Waals surface area contributed by atoms with Gasteiger partial charge in [0, 0.05) is 0 Å². The third-order valence-electron chi connectivity index (χ3n) is 2.42. The second-order valence-corrected chi connectivity index (χ2v) is 5.17. The Morgan fingerprint density at radius 1 is 1.38 bits per heavy atom. The highest BCUT2D eigenvalue weighted by Gasteiger charge is 2.10. The number of thiophene rings is 1. The molecule has 3 heteroatoms. The van der Waals surface area contributed by atoms with Gasteiger partial charge in [-0.05, 0) is 59.0 Å². The molecule has 1 aromatic carbocycles. The van der Waals surface area contributed by atoms with Crippen LogP contribution in [0.2, 0.25) is 0 Å². The highest BCUT2D eigenvalue weighted by Crippen LogP contribution is 2.27. The molecule has 1 heterocycles. The molecule has 84 valence electrons. The SMILES string of the molecule is Cc1cc(F)cc(C(Cl)Cc2ccsc2)c1. The number of alkyl halides is 1. The Balaban J connectivity index is 2.17. The summed E-state index contributed by atoms with van der Waals surface area (Å²) in [6.07, 6.45) is 0.744. The molecule has 1 atom stereocenters. The topological polar surface area (TPSA) is 0 Å².